The minimum atomic E-state index is -0.789. The molecule has 3 nitrogen and oxygen atoms in total. The molecule has 0 spiro atoms. The maximum atomic E-state index is 14.7. The molecular weight excluding hydrogens is 298 g/mol. The number of aryl methyl sites for hydroxylation is 1. The van der Waals surface area contributed by atoms with Crippen molar-refractivity contribution in [3.05, 3.63) is 52.9 Å². The highest BCUT2D eigenvalue weighted by molar-refractivity contribution is 6.34. The van der Waals surface area contributed by atoms with Gasteiger partial charge in [0.1, 0.15) is 23.4 Å². The first-order valence-corrected chi connectivity index (χ1v) is 6.45. The fourth-order valence-electron chi connectivity index (χ4n) is 2.24. The Bertz CT molecular complexity index is 848. The third-order valence-electron chi connectivity index (χ3n) is 3.26. The van der Waals surface area contributed by atoms with Crippen molar-refractivity contribution >= 4 is 22.5 Å². The van der Waals surface area contributed by atoms with Crippen molar-refractivity contribution in [3.8, 4) is 16.9 Å². The van der Waals surface area contributed by atoms with Gasteiger partial charge in [-0.2, -0.15) is 0 Å². The van der Waals surface area contributed by atoms with Crippen LogP contribution >= 0.6 is 11.6 Å². The first-order chi connectivity index (χ1) is 10.0. The molecule has 21 heavy (non-hydrogen) atoms. The molecule has 0 fully saturated rings. The fraction of sp³-hybridized carbons (Fsp3) is 0.0667. The van der Waals surface area contributed by atoms with Crippen molar-refractivity contribution in [2.24, 2.45) is 0 Å². The highest BCUT2D eigenvalue weighted by Crippen LogP contribution is 2.40. The highest BCUT2D eigenvalue weighted by atomic mass is 35.5. The molecule has 3 aromatic rings. The SMILES string of the molecule is Cc1ncnc2c(F)c(-c3c(O)cccc3F)c(Cl)cc12. The Kier molecular flexibility index (Phi) is 3.22. The monoisotopic (exact) mass is 306 g/mol. The summed E-state index contributed by atoms with van der Waals surface area (Å²) >= 11 is 6.09. The first-order valence-electron chi connectivity index (χ1n) is 6.08. The van der Waals surface area contributed by atoms with Gasteiger partial charge < -0.3 is 5.11 Å². The Morgan fingerprint density at radius 1 is 1.14 bits per heavy atom. The zero-order valence-electron chi connectivity index (χ0n) is 10.9. The lowest BCUT2D eigenvalue weighted by molar-refractivity contribution is 0.471. The number of benzene rings is 2. The zero-order valence-corrected chi connectivity index (χ0v) is 11.6. The predicted molar refractivity (Wildman–Crippen MR) is 76.3 cm³/mol. The van der Waals surface area contributed by atoms with E-state index in [4.69, 9.17) is 11.6 Å². The molecule has 6 heteroatoms. The summed E-state index contributed by atoms with van der Waals surface area (Å²) in [5.74, 6) is -1.94. The van der Waals surface area contributed by atoms with E-state index in [1.807, 2.05) is 0 Å². The van der Waals surface area contributed by atoms with E-state index >= 15 is 0 Å². The van der Waals surface area contributed by atoms with Crippen LogP contribution in [0.2, 0.25) is 5.02 Å². The van der Waals surface area contributed by atoms with Crippen LogP contribution in [0.15, 0.2) is 30.6 Å². The summed E-state index contributed by atoms with van der Waals surface area (Å²) in [4.78, 5) is 7.85. The molecule has 1 N–H and O–H groups in total. The number of aromatic nitrogens is 2. The summed E-state index contributed by atoms with van der Waals surface area (Å²) in [6.07, 6.45) is 1.22. The van der Waals surface area contributed by atoms with Gasteiger partial charge in [0.2, 0.25) is 0 Å². The van der Waals surface area contributed by atoms with Gasteiger partial charge in [-0.3, -0.25) is 0 Å². The quantitative estimate of drug-likeness (QED) is 0.731. The number of phenols is 1. The summed E-state index contributed by atoms with van der Waals surface area (Å²) in [6, 6.07) is 5.19. The Labute approximate surface area is 123 Å². The Hall–Kier alpha value is -2.27. The summed E-state index contributed by atoms with van der Waals surface area (Å²) in [7, 11) is 0. The third-order valence-corrected chi connectivity index (χ3v) is 3.56. The van der Waals surface area contributed by atoms with Crippen LogP contribution in [0.3, 0.4) is 0 Å². The van der Waals surface area contributed by atoms with E-state index in [1.54, 1.807) is 6.92 Å². The van der Waals surface area contributed by atoms with Crippen molar-refractivity contribution in [1.29, 1.82) is 0 Å². The standard InChI is InChI=1S/C15H9ClF2N2O/c1-7-8-5-9(16)12(14(18)15(8)20-6-19-7)13-10(17)3-2-4-11(13)21/h2-6,21H,1H3. The highest BCUT2D eigenvalue weighted by Gasteiger charge is 2.21. The normalized spacial score (nSPS) is 11.0. The van der Waals surface area contributed by atoms with Gasteiger partial charge in [0.15, 0.2) is 5.82 Å². The number of hydrogen-bond donors (Lipinski definition) is 1. The molecule has 0 aliphatic rings. The molecule has 1 heterocycles. The number of phenolic OH excluding ortho intramolecular Hbond substituents is 1. The van der Waals surface area contributed by atoms with Crippen LogP contribution in [0, 0.1) is 18.6 Å². The van der Waals surface area contributed by atoms with Gasteiger partial charge in [-0.05, 0) is 25.1 Å². The minimum absolute atomic E-state index is 0.0155. The van der Waals surface area contributed by atoms with E-state index in [2.05, 4.69) is 9.97 Å². The summed E-state index contributed by atoms with van der Waals surface area (Å²) in [6.45, 7) is 1.69. The Morgan fingerprint density at radius 3 is 2.62 bits per heavy atom. The number of halogens is 3. The van der Waals surface area contributed by atoms with Gasteiger partial charge in [0, 0.05) is 16.6 Å². The molecule has 0 atom stereocenters. The second kappa shape index (κ2) is 4.93. The molecule has 0 saturated heterocycles. The van der Waals surface area contributed by atoms with Crippen LogP contribution in [0.25, 0.3) is 22.0 Å². The minimum Gasteiger partial charge on any atom is -0.507 e. The molecule has 0 aliphatic carbocycles. The van der Waals surface area contributed by atoms with Crippen LogP contribution in [0.5, 0.6) is 5.75 Å². The Morgan fingerprint density at radius 2 is 1.90 bits per heavy atom. The molecule has 0 bridgehead atoms. The molecule has 0 radical (unpaired) electrons. The van der Waals surface area contributed by atoms with Gasteiger partial charge in [0.05, 0.1) is 10.6 Å². The lowest BCUT2D eigenvalue weighted by Crippen LogP contribution is -1.96. The molecule has 1 aromatic heterocycles. The topological polar surface area (TPSA) is 46.0 Å². The van der Waals surface area contributed by atoms with E-state index in [-0.39, 0.29) is 27.4 Å². The van der Waals surface area contributed by atoms with E-state index in [0.717, 1.165) is 6.07 Å². The molecule has 0 amide bonds. The Balaban J connectivity index is 2.44. The van der Waals surface area contributed by atoms with Crippen LogP contribution in [0.1, 0.15) is 5.69 Å². The zero-order chi connectivity index (χ0) is 15.1. The lowest BCUT2D eigenvalue weighted by atomic mass is 10.0. The van der Waals surface area contributed by atoms with E-state index in [9.17, 15) is 13.9 Å². The average molecular weight is 307 g/mol. The summed E-state index contributed by atoms with van der Waals surface area (Å²) in [5, 5.41) is 10.3. The first kappa shape index (κ1) is 13.7. The largest absolute Gasteiger partial charge is 0.507 e. The van der Waals surface area contributed by atoms with E-state index < -0.39 is 11.6 Å². The van der Waals surface area contributed by atoms with E-state index in [0.29, 0.717) is 11.1 Å². The molecular formula is C15H9ClF2N2O. The fourth-order valence-corrected chi connectivity index (χ4v) is 2.53. The predicted octanol–water partition coefficient (Wildman–Crippen LogP) is 4.24. The molecule has 2 aromatic carbocycles. The smallest absolute Gasteiger partial charge is 0.159 e. The second-order valence-corrected chi connectivity index (χ2v) is 4.94. The van der Waals surface area contributed by atoms with E-state index in [1.165, 1.54) is 24.5 Å². The van der Waals surface area contributed by atoms with Gasteiger partial charge in [-0.15, -0.1) is 0 Å². The summed E-state index contributed by atoms with van der Waals surface area (Å²) in [5.41, 5.74) is 0.102. The lowest BCUT2D eigenvalue weighted by Gasteiger charge is -2.12. The van der Waals surface area contributed by atoms with Crippen LogP contribution in [0.4, 0.5) is 8.78 Å². The molecule has 0 unspecified atom stereocenters. The number of fused-ring (bicyclic) bond motifs is 1. The maximum Gasteiger partial charge on any atom is 0.159 e. The summed E-state index contributed by atoms with van der Waals surface area (Å²) < 4.78 is 28.7. The van der Waals surface area contributed by atoms with Gasteiger partial charge in [0.25, 0.3) is 0 Å². The number of hydrogen-bond acceptors (Lipinski definition) is 3. The molecule has 3 rings (SSSR count). The maximum absolute atomic E-state index is 14.7. The van der Waals surface area contributed by atoms with Crippen molar-refractivity contribution < 1.29 is 13.9 Å². The third kappa shape index (κ3) is 2.10. The van der Waals surface area contributed by atoms with Crippen molar-refractivity contribution in [3.63, 3.8) is 0 Å². The molecule has 106 valence electrons. The molecule has 0 saturated carbocycles. The van der Waals surface area contributed by atoms with Gasteiger partial charge in [-0.25, -0.2) is 18.7 Å². The average Bonchev–Trinajstić information content (AvgIpc) is 2.43. The number of aromatic hydroxyl groups is 1. The van der Waals surface area contributed by atoms with Crippen LogP contribution in [-0.4, -0.2) is 15.1 Å². The van der Waals surface area contributed by atoms with Crippen molar-refractivity contribution in [2.45, 2.75) is 6.92 Å². The number of nitrogens with zero attached hydrogens (tertiary/aromatic N) is 2. The second-order valence-electron chi connectivity index (χ2n) is 4.54. The van der Waals surface area contributed by atoms with Crippen molar-refractivity contribution in [1.82, 2.24) is 9.97 Å². The number of rotatable bonds is 1. The van der Waals surface area contributed by atoms with Gasteiger partial charge >= 0.3 is 0 Å². The van der Waals surface area contributed by atoms with Gasteiger partial charge in [-0.1, -0.05) is 17.7 Å². The molecule has 0 aliphatic heterocycles. The van der Waals surface area contributed by atoms with Crippen LogP contribution in [-0.2, 0) is 0 Å². The van der Waals surface area contributed by atoms with Crippen molar-refractivity contribution in [2.75, 3.05) is 0 Å². The van der Waals surface area contributed by atoms with Crippen LogP contribution < -0.4 is 0 Å².